The molecule has 3 heterocycles. The third-order valence-electron chi connectivity index (χ3n) is 3.71. The van der Waals surface area contributed by atoms with E-state index in [9.17, 15) is 4.79 Å². The summed E-state index contributed by atoms with van der Waals surface area (Å²) >= 11 is 1.47. The average molecular weight is 351 g/mol. The second-order valence-corrected chi connectivity index (χ2v) is 6.24. The number of aromatic carboxylic acids is 1. The Kier molecular flexibility index (Phi) is 3.66. The predicted octanol–water partition coefficient (Wildman–Crippen LogP) is 3.60. The van der Waals surface area contributed by atoms with Gasteiger partial charge in [0, 0.05) is 23.5 Å². The summed E-state index contributed by atoms with van der Waals surface area (Å²) in [5.74, 6) is -0.304. The Morgan fingerprint density at radius 3 is 2.80 bits per heavy atom. The number of carbonyl (C=O) groups is 1. The zero-order chi connectivity index (χ0) is 17.4. The number of imidazole rings is 1. The van der Waals surface area contributed by atoms with Gasteiger partial charge < -0.3 is 10.4 Å². The molecule has 0 unspecified atom stereocenters. The number of aryl methyl sites for hydroxylation is 1. The lowest BCUT2D eigenvalue weighted by Gasteiger charge is -2.03. The van der Waals surface area contributed by atoms with Gasteiger partial charge in [0.05, 0.1) is 17.0 Å². The lowest BCUT2D eigenvalue weighted by Crippen LogP contribution is -1.96. The van der Waals surface area contributed by atoms with Gasteiger partial charge >= 0.3 is 5.97 Å². The molecule has 0 amide bonds. The number of benzene rings is 1. The highest BCUT2D eigenvalue weighted by atomic mass is 32.1. The maximum absolute atomic E-state index is 10.9. The van der Waals surface area contributed by atoms with E-state index in [1.54, 1.807) is 30.5 Å². The first-order valence-electron chi connectivity index (χ1n) is 7.48. The molecule has 0 aliphatic heterocycles. The van der Waals surface area contributed by atoms with Crippen LogP contribution in [0, 0.1) is 6.92 Å². The van der Waals surface area contributed by atoms with Crippen LogP contribution in [-0.2, 0) is 0 Å². The summed E-state index contributed by atoms with van der Waals surface area (Å²) in [5, 5.41) is 14.8. The van der Waals surface area contributed by atoms with E-state index in [0.29, 0.717) is 5.78 Å². The molecular formula is C17H13N5O2S. The second kappa shape index (κ2) is 5.99. The van der Waals surface area contributed by atoms with Crippen LogP contribution in [0.4, 0.5) is 10.8 Å². The summed E-state index contributed by atoms with van der Waals surface area (Å²) in [7, 11) is 0. The SMILES string of the molecule is Cc1nc2ncccn2c1-c1csc(Nc2ccc(C(=O)O)cc2)n1. The van der Waals surface area contributed by atoms with Crippen LogP contribution in [0.15, 0.2) is 48.1 Å². The Morgan fingerprint density at radius 2 is 2.04 bits per heavy atom. The minimum Gasteiger partial charge on any atom is -0.478 e. The molecule has 0 aliphatic carbocycles. The van der Waals surface area contributed by atoms with Crippen LogP contribution in [0.25, 0.3) is 17.2 Å². The van der Waals surface area contributed by atoms with Crippen molar-refractivity contribution >= 4 is 33.9 Å². The van der Waals surface area contributed by atoms with E-state index in [-0.39, 0.29) is 5.56 Å². The van der Waals surface area contributed by atoms with Crippen molar-refractivity contribution in [1.82, 2.24) is 19.4 Å². The van der Waals surface area contributed by atoms with Gasteiger partial charge in [-0.1, -0.05) is 0 Å². The molecule has 0 atom stereocenters. The predicted molar refractivity (Wildman–Crippen MR) is 95.5 cm³/mol. The molecule has 8 heteroatoms. The van der Waals surface area contributed by atoms with E-state index >= 15 is 0 Å². The molecule has 0 aliphatic rings. The van der Waals surface area contributed by atoms with E-state index in [4.69, 9.17) is 5.11 Å². The van der Waals surface area contributed by atoms with Crippen LogP contribution in [-0.4, -0.2) is 30.4 Å². The molecule has 25 heavy (non-hydrogen) atoms. The summed E-state index contributed by atoms with van der Waals surface area (Å²) < 4.78 is 1.91. The van der Waals surface area contributed by atoms with Gasteiger partial charge in [-0.3, -0.25) is 4.40 Å². The lowest BCUT2D eigenvalue weighted by atomic mass is 10.2. The van der Waals surface area contributed by atoms with Gasteiger partial charge in [-0.05, 0) is 37.3 Å². The van der Waals surface area contributed by atoms with Crippen molar-refractivity contribution in [2.24, 2.45) is 0 Å². The van der Waals surface area contributed by atoms with Gasteiger partial charge in [0.25, 0.3) is 0 Å². The number of hydrogen-bond acceptors (Lipinski definition) is 6. The normalized spacial score (nSPS) is 10.9. The number of thiazole rings is 1. The van der Waals surface area contributed by atoms with Gasteiger partial charge in [-0.25, -0.2) is 19.7 Å². The third-order valence-corrected chi connectivity index (χ3v) is 4.47. The monoisotopic (exact) mass is 351 g/mol. The van der Waals surface area contributed by atoms with E-state index < -0.39 is 5.97 Å². The highest BCUT2D eigenvalue weighted by Crippen LogP contribution is 2.29. The van der Waals surface area contributed by atoms with Gasteiger partial charge in [0.15, 0.2) is 5.13 Å². The Balaban J connectivity index is 1.63. The Morgan fingerprint density at radius 1 is 1.24 bits per heavy atom. The third kappa shape index (κ3) is 2.83. The number of rotatable bonds is 4. The molecule has 4 rings (SSSR count). The molecule has 2 N–H and O–H groups in total. The van der Waals surface area contributed by atoms with Gasteiger partial charge in [-0.2, -0.15) is 0 Å². The molecule has 3 aromatic heterocycles. The summed E-state index contributed by atoms with van der Waals surface area (Å²) in [6.45, 7) is 1.93. The van der Waals surface area contributed by atoms with Crippen molar-refractivity contribution in [3.05, 3.63) is 59.4 Å². The number of carboxylic acid groups (broad SMARTS) is 1. The van der Waals surface area contributed by atoms with Crippen molar-refractivity contribution in [2.75, 3.05) is 5.32 Å². The molecule has 0 saturated heterocycles. The van der Waals surface area contributed by atoms with Crippen LogP contribution in [0.5, 0.6) is 0 Å². The minimum absolute atomic E-state index is 0.249. The number of carboxylic acids is 1. The Hall–Kier alpha value is -3.26. The van der Waals surface area contributed by atoms with Crippen LogP contribution >= 0.6 is 11.3 Å². The topological polar surface area (TPSA) is 92.4 Å². The largest absolute Gasteiger partial charge is 0.478 e. The highest BCUT2D eigenvalue weighted by molar-refractivity contribution is 7.14. The summed E-state index contributed by atoms with van der Waals surface area (Å²) in [4.78, 5) is 24.2. The van der Waals surface area contributed by atoms with Crippen molar-refractivity contribution in [1.29, 1.82) is 0 Å². The first-order chi connectivity index (χ1) is 12.1. The van der Waals surface area contributed by atoms with E-state index in [1.807, 2.05) is 29.0 Å². The van der Waals surface area contributed by atoms with E-state index in [0.717, 1.165) is 27.9 Å². The maximum atomic E-state index is 10.9. The minimum atomic E-state index is -0.945. The number of fused-ring (bicyclic) bond motifs is 1. The number of nitrogens with one attached hydrogen (secondary N) is 1. The fourth-order valence-electron chi connectivity index (χ4n) is 2.57. The molecule has 0 radical (unpaired) electrons. The van der Waals surface area contributed by atoms with E-state index in [2.05, 4.69) is 20.3 Å². The maximum Gasteiger partial charge on any atom is 0.335 e. The quantitative estimate of drug-likeness (QED) is 0.583. The molecule has 0 saturated carbocycles. The first kappa shape index (κ1) is 15.3. The van der Waals surface area contributed by atoms with Crippen molar-refractivity contribution in [2.45, 2.75) is 6.92 Å². The van der Waals surface area contributed by atoms with Crippen LogP contribution in [0.1, 0.15) is 16.1 Å². The number of aromatic nitrogens is 4. The number of nitrogens with zero attached hydrogens (tertiary/aromatic N) is 4. The Labute approximate surface area is 146 Å². The summed E-state index contributed by atoms with van der Waals surface area (Å²) in [5.41, 5.74) is 3.62. The zero-order valence-corrected chi connectivity index (χ0v) is 14.0. The molecule has 0 bridgehead atoms. The fraction of sp³-hybridized carbons (Fsp3) is 0.0588. The summed E-state index contributed by atoms with van der Waals surface area (Å²) in [6, 6.07) is 8.40. The molecular weight excluding hydrogens is 338 g/mol. The van der Waals surface area contributed by atoms with Crippen LogP contribution in [0.3, 0.4) is 0 Å². The van der Waals surface area contributed by atoms with Crippen LogP contribution in [0.2, 0.25) is 0 Å². The fourth-order valence-corrected chi connectivity index (χ4v) is 3.28. The zero-order valence-electron chi connectivity index (χ0n) is 13.2. The van der Waals surface area contributed by atoms with Crippen molar-refractivity contribution in [3.63, 3.8) is 0 Å². The Bertz CT molecular complexity index is 1070. The van der Waals surface area contributed by atoms with Gasteiger partial charge in [0.1, 0.15) is 5.69 Å². The molecule has 1 aromatic carbocycles. The molecule has 0 spiro atoms. The van der Waals surface area contributed by atoms with Crippen molar-refractivity contribution in [3.8, 4) is 11.4 Å². The lowest BCUT2D eigenvalue weighted by molar-refractivity contribution is 0.0697. The van der Waals surface area contributed by atoms with Crippen LogP contribution < -0.4 is 5.32 Å². The highest BCUT2D eigenvalue weighted by Gasteiger charge is 2.14. The number of hydrogen-bond donors (Lipinski definition) is 2. The van der Waals surface area contributed by atoms with E-state index in [1.165, 1.54) is 11.3 Å². The van der Waals surface area contributed by atoms with Crippen molar-refractivity contribution < 1.29 is 9.90 Å². The molecule has 124 valence electrons. The number of anilines is 2. The molecule has 7 nitrogen and oxygen atoms in total. The van der Waals surface area contributed by atoms with Gasteiger partial charge in [-0.15, -0.1) is 11.3 Å². The molecule has 4 aromatic rings. The average Bonchev–Trinajstić information content (AvgIpc) is 3.18. The van der Waals surface area contributed by atoms with Gasteiger partial charge in [0.2, 0.25) is 5.78 Å². The molecule has 0 fully saturated rings. The standard InChI is InChI=1S/C17H13N5O2S/c1-10-14(22-8-2-7-18-16(22)19-10)13-9-25-17(21-13)20-12-5-3-11(4-6-12)15(23)24/h2-9H,1H3,(H,20,21)(H,23,24). The first-order valence-corrected chi connectivity index (χ1v) is 8.36. The smallest absolute Gasteiger partial charge is 0.335 e. The second-order valence-electron chi connectivity index (χ2n) is 5.38. The summed E-state index contributed by atoms with van der Waals surface area (Å²) in [6.07, 6.45) is 3.62.